The van der Waals surface area contributed by atoms with Crippen molar-refractivity contribution in [1.82, 2.24) is 4.90 Å². The van der Waals surface area contributed by atoms with E-state index in [1.54, 1.807) is 34.9 Å². The zero-order valence-corrected chi connectivity index (χ0v) is 14.4. The van der Waals surface area contributed by atoms with E-state index in [1.165, 1.54) is 6.07 Å². The maximum atomic E-state index is 14.0. The standard InChI is InChI=1S/C19H20FNO2S/c1-2-23-17-10-6-4-8-15(17)19-21(18(22)11-12-24-19)13-14-7-3-5-9-16(14)20/h3-10,19H,2,11-13H2,1H3. The number of hydrogen-bond acceptors (Lipinski definition) is 3. The van der Waals surface area contributed by atoms with Gasteiger partial charge in [-0.15, -0.1) is 11.8 Å². The second-order valence-electron chi connectivity index (χ2n) is 5.56. The maximum absolute atomic E-state index is 14.0. The molecule has 0 aromatic heterocycles. The number of halogens is 1. The van der Waals surface area contributed by atoms with Crippen molar-refractivity contribution in [2.45, 2.75) is 25.3 Å². The summed E-state index contributed by atoms with van der Waals surface area (Å²) < 4.78 is 19.8. The van der Waals surface area contributed by atoms with Crippen LogP contribution in [0.4, 0.5) is 4.39 Å². The summed E-state index contributed by atoms with van der Waals surface area (Å²) in [6.45, 7) is 2.77. The minimum Gasteiger partial charge on any atom is -0.493 e. The van der Waals surface area contributed by atoms with Crippen LogP contribution >= 0.6 is 11.8 Å². The number of para-hydroxylation sites is 1. The molecule has 0 N–H and O–H groups in total. The van der Waals surface area contributed by atoms with Crippen molar-refractivity contribution in [3.05, 3.63) is 65.5 Å². The molecule has 2 aromatic carbocycles. The van der Waals surface area contributed by atoms with Crippen LogP contribution in [0.25, 0.3) is 0 Å². The summed E-state index contributed by atoms with van der Waals surface area (Å²) in [6.07, 6.45) is 0.479. The maximum Gasteiger partial charge on any atom is 0.224 e. The van der Waals surface area contributed by atoms with Crippen molar-refractivity contribution in [1.29, 1.82) is 0 Å². The summed E-state index contributed by atoms with van der Waals surface area (Å²) in [4.78, 5) is 14.3. The largest absolute Gasteiger partial charge is 0.493 e. The van der Waals surface area contributed by atoms with Crippen LogP contribution in [0.15, 0.2) is 48.5 Å². The molecule has 24 heavy (non-hydrogen) atoms. The predicted octanol–water partition coefficient (Wildman–Crippen LogP) is 4.39. The van der Waals surface area contributed by atoms with E-state index in [0.717, 1.165) is 17.1 Å². The molecule has 1 atom stereocenters. The molecule has 0 radical (unpaired) electrons. The second kappa shape index (κ2) is 7.71. The van der Waals surface area contributed by atoms with Gasteiger partial charge in [-0.05, 0) is 19.1 Å². The van der Waals surface area contributed by atoms with Gasteiger partial charge in [0.2, 0.25) is 5.91 Å². The molecule has 126 valence electrons. The number of hydrogen-bond donors (Lipinski definition) is 0. The monoisotopic (exact) mass is 345 g/mol. The van der Waals surface area contributed by atoms with Crippen LogP contribution in [-0.4, -0.2) is 23.2 Å². The fourth-order valence-electron chi connectivity index (χ4n) is 2.83. The number of carbonyl (C=O) groups excluding carboxylic acids is 1. The minimum atomic E-state index is -0.280. The van der Waals surface area contributed by atoms with Gasteiger partial charge in [-0.1, -0.05) is 36.4 Å². The van der Waals surface area contributed by atoms with Crippen LogP contribution < -0.4 is 4.74 Å². The highest BCUT2D eigenvalue weighted by Crippen LogP contribution is 2.42. The number of ether oxygens (including phenoxy) is 1. The van der Waals surface area contributed by atoms with Crippen LogP contribution in [0.1, 0.15) is 29.8 Å². The molecule has 0 bridgehead atoms. The van der Waals surface area contributed by atoms with E-state index in [1.807, 2.05) is 31.2 Å². The Morgan fingerprint density at radius 3 is 2.75 bits per heavy atom. The first-order chi connectivity index (χ1) is 11.7. The zero-order chi connectivity index (χ0) is 16.9. The highest BCUT2D eigenvalue weighted by molar-refractivity contribution is 7.99. The Morgan fingerprint density at radius 2 is 1.96 bits per heavy atom. The molecule has 2 aromatic rings. The Morgan fingerprint density at radius 1 is 1.21 bits per heavy atom. The van der Waals surface area contributed by atoms with Crippen molar-refractivity contribution in [3.8, 4) is 5.75 Å². The van der Waals surface area contributed by atoms with E-state index in [2.05, 4.69) is 0 Å². The Balaban J connectivity index is 1.93. The fourth-order valence-corrected chi connectivity index (χ4v) is 4.09. The molecule has 1 amide bonds. The van der Waals surface area contributed by atoms with Gasteiger partial charge in [0, 0.05) is 29.8 Å². The molecule has 1 fully saturated rings. The first-order valence-corrected chi connectivity index (χ1v) is 9.11. The van der Waals surface area contributed by atoms with Gasteiger partial charge in [-0.2, -0.15) is 0 Å². The van der Waals surface area contributed by atoms with E-state index in [0.29, 0.717) is 18.6 Å². The molecule has 1 aliphatic rings. The average Bonchev–Trinajstić information content (AvgIpc) is 2.59. The first-order valence-electron chi connectivity index (χ1n) is 8.07. The van der Waals surface area contributed by atoms with Crippen molar-refractivity contribution >= 4 is 17.7 Å². The van der Waals surface area contributed by atoms with E-state index < -0.39 is 0 Å². The van der Waals surface area contributed by atoms with Gasteiger partial charge >= 0.3 is 0 Å². The average molecular weight is 345 g/mol. The number of amides is 1. The van der Waals surface area contributed by atoms with Crippen molar-refractivity contribution in [3.63, 3.8) is 0 Å². The fraction of sp³-hybridized carbons (Fsp3) is 0.316. The molecule has 1 saturated heterocycles. The number of benzene rings is 2. The van der Waals surface area contributed by atoms with Crippen LogP contribution in [0, 0.1) is 5.82 Å². The summed E-state index contributed by atoms with van der Waals surface area (Å²) in [7, 11) is 0. The predicted molar refractivity (Wildman–Crippen MR) is 94.4 cm³/mol. The molecular formula is C19H20FNO2S. The number of rotatable bonds is 5. The molecule has 0 spiro atoms. The summed E-state index contributed by atoms with van der Waals surface area (Å²) in [6, 6.07) is 14.4. The number of nitrogens with zero attached hydrogens (tertiary/aromatic N) is 1. The molecule has 5 heteroatoms. The lowest BCUT2D eigenvalue weighted by Crippen LogP contribution is -2.37. The Labute approximate surface area is 145 Å². The van der Waals surface area contributed by atoms with Crippen molar-refractivity contribution < 1.29 is 13.9 Å². The third-order valence-electron chi connectivity index (χ3n) is 3.98. The van der Waals surface area contributed by atoms with E-state index in [-0.39, 0.29) is 23.6 Å². The Kier molecular flexibility index (Phi) is 5.41. The SMILES string of the molecule is CCOc1ccccc1C1SCCC(=O)N1Cc1ccccc1F. The number of carbonyl (C=O) groups is 1. The lowest BCUT2D eigenvalue weighted by molar-refractivity contribution is -0.132. The summed E-state index contributed by atoms with van der Waals surface area (Å²) in [5.41, 5.74) is 1.50. The highest BCUT2D eigenvalue weighted by Gasteiger charge is 2.32. The minimum absolute atomic E-state index is 0.0494. The molecule has 0 saturated carbocycles. The van der Waals surface area contributed by atoms with Crippen LogP contribution in [0.5, 0.6) is 5.75 Å². The molecule has 3 nitrogen and oxygen atoms in total. The third-order valence-corrected chi connectivity index (χ3v) is 5.24. The zero-order valence-electron chi connectivity index (χ0n) is 13.6. The molecule has 1 unspecified atom stereocenters. The summed E-state index contributed by atoms with van der Waals surface area (Å²) in [5, 5.41) is -0.159. The van der Waals surface area contributed by atoms with Gasteiger partial charge in [0.1, 0.15) is 16.9 Å². The Bertz CT molecular complexity index is 722. The summed E-state index contributed by atoms with van der Waals surface area (Å²) in [5.74, 6) is 1.31. The van der Waals surface area contributed by atoms with Gasteiger partial charge in [0.15, 0.2) is 0 Å². The quantitative estimate of drug-likeness (QED) is 0.805. The van der Waals surface area contributed by atoms with E-state index >= 15 is 0 Å². The molecule has 1 aliphatic heterocycles. The van der Waals surface area contributed by atoms with E-state index in [4.69, 9.17) is 4.74 Å². The molecular weight excluding hydrogens is 325 g/mol. The van der Waals surface area contributed by atoms with Gasteiger partial charge < -0.3 is 9.64 Å². The van der Waals surface area contributed by atoms with Crippen LogP contribution in [-0.2, 0) is 11.3 Å². The smallest absolute Gasteiger partial charge is 0.224 e. The lowest BCUT2D eigenvalue weighted by Gasteiger charge is -2.36. The molecule has 1 heterocycles. The van der Waals surface area contributed by atoms with Gasteiger partial charge in [-0.25, -0.2) is 4.39 Å². The van der Waals surface area contributed by atoms with Crippen molar-refractivity contribution in [2.75, 3.05) is 12.4 Å². The van der Waals surface area contributed by atoms with Gasteiger partial charge in [0.25, 0.3) is 0 Å². The topological polar surface area (TPSA) is 29.5 Å². The third kappa shape index (κ3) is 3.56. The number of thioether (sulfide) groups is 1. The Hall–Kier alpha value is -2.01. The van der Waals surface area contributed by atoms with E-state index in [9.17, 15) is 9.18 Å². The van der Waals surface area contributed by atoms with Gasteiger partial charge in [0.05, 0.1) is 6.61 Å². The molecule has 3 rings (SSSR count). The second-order valence-corrected chi connectivity index (χ2v) is 6.75. The van der Waals surface area contributed by atoms with Gasteiger partial charge in [-0.3, -0.25) is 4.79 Å². The molecule has 0 aliphatic carbocycles. The lowest BCUT2D eigenvalue weighted by atomic mass is 10.1. The highest BCUT2D eigenvalue weighted by atomic mass is 32.2. The van der Waals surface area contributed by atoms with Crippen LogP contribution in [0.3, 0.4) is 0 Å². The van der Waals surface area contributed by atoms with Crippen LogP contribution in [0.2, 0.25) is 0 Å². The first kappa shape index (κ1) is 16.8. The van der Waals surface area contributed by atoms with Crippen molar-refractivity contribution in [2.24, 2.45) is 0 Å². The summed E-state index contributed by atoms with van der Waals surface area (Å²) >= 11 is 1.70. The normalized spacial score (nSPS) is 17.8.